The van der Waals surface area contributed by atoms with Crippen molar-refractivity contribution in [1.82, 2.24) is 19.9 Å². The molecule has 0 saturated heterocycles. The number of halogens is 1. The second-order valence-electron chi connectivity index (χ2n) is 5.54. The fourth-order valence-electron chi connectivity index (χ4n) is 1.67. The van der Waals surface area contributed by atoms with Gasteiger partial charge in [-0.25, -0.2) is 4.98 Å². The van der Waals surface area contributed by atoms with E-state index in [9.17, 15) is 0 Å². The van der Waals surface area contributed by atoms with E-state index in [0.717, 1.165) is 29.1 Å². The van der Waals surface area contributed by atoms with Gasteiger partial charge in [0, 0.05) is 28.6 Å². The van der Waals surface area contributed by atoms with E-state index in [0.29, 0.717) is 0 Å². The monoisotopic (exact) mass is 322 g/mol. The standard InChI is InChI=1S/C14H19BrN4/c1-14(2,3)18-9-13-16-6-7-19(13)10-12-5-4-11(15)8-17-12/h4-8,18H,9-10H2,1-3H3. The quantitative estimate of drug-likeness (QED) is 0.941. The van der Waals surface area contributed by atoms with Gasteiger partial charge in [0.25, 0.3) is 0 Å². The maximum Gasteiger partial charge on any atom is 0.123 e. The van der Waals surface area contributed by atoms with E-state index in [4.69, 9.17) is 0 Å². The van der Waals surface area contributed by atoms with Gasteiger partial charge >= 0.3 is 0 Å². The molecule has 0 unspecified atom stereocenters. The summed E-state index contributed by atoms with van der Waals surface area (Å²) in [5, 5.41) is 3.45. The summed E-state index contributed by atoms with van der Waals surface area (Å²) in [6.07, 6.45) is 5.64. The van der Waals surface area contributed by atoms with Gasteiger partial charge in [0.2, 0.25) is 0 Å². The number of hydrogen-bond acceptors (Lipinski definition) is 3. The topological polar surface area (TPSA) is 42.7 Å². The predicted octanol–water partition coefficient (Wildman–Crippen LogP) is 2.98. The van der Waals surface area contributed by atoms with Crippen molar-refractivity contribution in [2.75, 3.05) is 0 Å². The van der Waals surface area contributed by atoms with Gasteiger partial charge in [-0.15, -0.1) is 0 Å². The highest BCUT2D eigenvalue weighted by Crippen LogP contribution is 2.10. The summed E-state index contributed by atoms with van der Waals surface area (Å²) >= 11 is 3.39. The minimum Gasteiger partial charge on any atom is -0.328 e. The summed E-state index contributed by atoms with van der Waals surface area (Å²) in [5.74, 6) is 1.03. The van der Waals surface area contributed by atoms with Crippen molar-refractivity contribution in [3.8, 4) is 0 Å². The maximum absolute atomic E-state index is 4.40. The first-order chi connectivity index (χ1) is 8.94. The first-order valence-electron chi connectivity index (χ1n) is 6.29. The van der Waals surface area contributed by atoms with Crippen molar-refractivity contribution in [1.29, 1.82) is 0 Å². The van der Waals surface area contributed by atoms with Gasteiger partial charge in [0.15, 0.2) is 0 Å². The molecule has 2 aromatic rings. The Morgan fingerprint density at radius 2 is 2.05 bits per heavy atom. The van der Waals surface area contributed by atoms with E-state index in [2.05, 4.69) is 56.6 Å². The van der Waals surface area contributed by atoms with Gasteiger partial charge in [-0.3, -0.25) is 4.98 Å². The third-order valence-corrected chi connectivity index (χ3v) is 3.17. The molecule has 1 N–H and O–H groups in total. The molecular formula is C14H19BrN4. The van der Waals surface area contributed by atoms with Crippen molar-refractivity contribution in [3.63, 3.8) is 0 Å². The minimum atomic E-state index is 0.0899. The highest BCUT2D eigenvalue weighted by atomic mass is 79.9. The van der Waals surface area contributed by atoms with Crippen LogP contribution in [0.15, 0.2) is 35.2 Å². The Morgan fingerprint density at radius 3 is 2.68 bits per heavy atom. The first kappa shape index (κ1) is 14.2. The average molecular weight is 323 g/mol. The lowest BCUT2D eigenvalue weighted by atomic mass is 10.1. The van der Waals surface area contributed by atoms with Crippen molar-refractivity contribution >= 4 is 15.9 Å². The molecule has 0 spiro atoms. The van der Waals surface area contributed by atoms with E-state index in [1.807, 2.05) is 30.7 Å². The van der Waals surface area contributed by atoms with Crippen LogP contribution in [0.5, 0.6) is 0 Å². The van der Waals surface area contributed by atoms with Crippen LogP contribution >= 0.6 is 15.9 Å². The van der Waals surface area contributed by atoms with Crippen LogP contribution in [0.2, 0.25) is 0 Å². The SMILES string of the molecule is CC(C)(C)NCc1nccn1Cc1ccc(Br)cn1. The number of pyridine rings is 1. The van der Waals surface area contributed by atoms with Gasteiger partial charge in [0.1, 0.15) is 5.82 Å². The normalized spacial score (nSPS) is 11.8. The summed E-state index contributed by atoms with van der Waals surface area (Å²) in [7, 11) is 0. The molecule has 2 aromatic heterocycles. The molecule has 5 heteroatoms. The van der Waals surface area contributed by atoms with E-state index < -0.39 is 0 Å². The Bertz CT molecular complexity index is 525. The second kappa shape index (κ2) is 5.84. The third kappa shape index (κ3) is 4.44. The number of nitrogens with zero attached hydrogens (tertiary/aromatic N) is 3. The van der Waals surface area contributed by atoms with Crippen molar-refractivity contribution in [2.24, 2.45) is 0 Å². The molecule has 19 heavy (non-hydrogen) atoms. The lowest BCUT2D eigenvalue weighted by molar-refractivity contribution is 0.413. The highest BCUT2D eigenvalue weighted by molar-refractivity contribution is 9.10. The zero-order chi connectivity index (χ0) is 13.9. The Labute approximate surface area is 122 Å². The predicted molar refractivity (Wildman–Crippen MR) is 79.9 cm³/mol. The van der Waals surface area contributed by atoms with E-state index >= 15 is 0 Å². The highest BCUT2D eigenvalue weighted by Gasteiger charge is 2.11. The lowest BCUT2D eigenvalue weighted by Gasteiger charge is -2.20. The van der Waals surface area contributed by atoms with Crippen molar-refractivity contribution < 1.29 is 0 Å². The summed E-state index contributed by atoms with van der Waals surface area (Å²) < 4.78 is 3.12. The Balaban J connectivity index is 2.05. The number of imidazole rings is 1. The van der Waals surface area contributed by atoms with E-state index in [1.54, 1.807) is 0 Å². The molecule has 2 heterocycles. The molecule has 0 atom stereocenters. The number of hydrogen-bond donors (Lipinski definition) is 1. The zero-order valence-electron chi connectivity index (χ0n) is 11.5. The summed E-state index contributed by atoms with van der Waals surface area (Å²) in [6, 6.07) is 4.03. The fourth-order valence-corrected chi connectivity index (χ4v) is 1.90. The summed E-state index contributed by atoms with van der Waals surface area (Å²) in [5.41, 5.74) is 1.12. The molecular weight excluding hydrogens is 304 g/mol. The molecule has 4 nitrogen and oxygen atoms in total. The van der Waals surface area contributed by atoms with E-state index in [-0.39, 0.29) is 5.54 Å². The van der Waals surface area contributed by atoms with Crippen LogP contribution in [0, 0.1) is 0 Å². The van der Waals surface area contributed by atoms with Gasteiger partial charge in [-0.2, -0.15) is 0 Å². The van der Waals surface area contributed by atoms with Crippen LogP contribution in [-0.2, 0) is 13.1 Å². The van der Waals surface area contributed by atoms with Crippen LogP contribution in [0.3, 0.4) is 0 Å². The lowest BCUT2D eigenvalue weighted by Crippen LogP contribution is -2.36. The Kier molecular flexibility index (Phi) is 4.37. The Morgan fingerprint density at radius 1 is 1.26 bits per heavy atom. The number of nitrogens with one attached hydrogen (secondary N) is 1. The van der Waals surface area contributed by atoms with Crippen LogP contribution in [0.4, 0.5) is 0 Å². The molecule has 0 aliphatic rings. The molecule has 2 rings (SSSR count). The fraction of sp³-hybridized carbons (Fsp3) is 0.429. The molecule has 0 aliphatic heterocycles. The molecule has 0 bridgehead atoms. The maximum atomic E-state index is 4.40. The van der Waals surface area contributed by atoms with Gasteiger partial charge < -0.3 is 9.88 Å². The molecule has 0 amide bonds. The van der Waals surface area contributed by atoms with Gasteiger partial charge in [0.05, 0.1) is 18.8 Å². The summed E-state index contributed by atoms with van der Waals surface area (Å²) in [6.45, 7) is 7.95. The van der Waals surface area contributed by atoms with Crippen LogP contribution in [0.25, 0.3) is 0 Å². The number of rotatable bonds is 4. The van der Waals surface area contributed by atoms with Gasteiger partial charge in [-0.1, -0.05) is 0 Å². The van der Waals surface area contributed by atoms with Crippen molar-refractivity contribution in [2.45, 2.75) is 39.4 Å². The van der Waals surface area contributed by atoms with Crippen LogP contribution in [-0.4, -0.2) is 20.1 Å². The first-order valence-corrected chi connectivity index (χ1v) is 7.09. The van der Waals surface area contributed by atoms with Crippen LogP contribution < -0.4 is 5.32 Å². The summed E-state index contributed by atoms with van der Waals surface area (Å²) in [4.78, 5) is 8.78. The smallest absolute Gasteiger partial charge is 0.123 e. The number of aromatic nitrogens is 3. The van der Waals surface area contributed by atoms with E-state index in [1.165, 1.54) is 0 Å². The average Bonchev–Trinajstić information content (AvgIpc) is 2.76. The molecule has 0 aromatic carbocycles. The minimum absolute atomic E-state index is 0.0899. The molecule has 102 valence electrons. The largest absolute Gasteiger partial charge is 0.328 e. The van der Waals surface area contributed by atoms with Gasteiger partial charge in [-0.05, 0) is 48.8 Å². The van der Waals surface area contributed by atoms with Crippen LogP contribution in [0.1, 0.15) is 32.3 Å². The molecule has 0 radical (unpaired) electrons. The molecule has 0 aliphatic carbocycles. The zero-order valence-corrected chi connectivity index (χ0v) is 13.1. The molecule has 0 saturated carbocycles. The molecule has 0 fully saturated rings. The third-order valence-electron chi connectivity index (χ3n) is 2.70. The van der Waals surface area contributed by atoms with Crippen molar-refractivity contribution in [3.05, 3.63) is 46.7 Å². The second-order valence-corrected chi connectivity index (χ2v) is 6.46. The Hall–Kier alpha value is -1.20.